The van der Waals surface area contributed by atoms with Crippen LogP contribution in [-0.4, -0.2) is 25.8 Å². The fourth-order valence-electron chi connectivity index (χ4n) is 2.19. The zero-order chi connectivity index (χ0) is 15.5. The highest BCUT2D eigenvalue weighted by atomic mass is 16.3. The fourth-order valence-corrected chi connectivity index (χ4v) is 2.19. The Bertz CT molecular complexity index is 812. The maximum atomic E-state index is 11.8. The van der Waals surface area contributed by atoms with Gasteiger partial charge in [0.2, 0.25) is 5.91 Å². The van der Waals surface area contributed by atoms with E-state index in [0.717, 1.165) is 0 Å². The number of phenols is 1. The van der Waals surface area contributed by atoms with Crippen LogP contribution in [0.1, 0.15) is 11.7 Å². The van der Waals surface area contributed by atoms with Gasteiger partial charge in [0.05, 0.1) is 11.9 Å². The molecule has 2 N–H and O–H groups in total. The first-order valence-corrected chi connectivity index (χ1v) is 6.72. The number of nitrogens with zero attached hydrogens (tertiary/aromatic N) is 3. The second-order valence-corrected chi connectivity index (χ2v) is 4.69. The second-order valence-electron chi connectivity index (χ2n) is 4.69. The van der Waals surface area contributed by atoms with E-state index in [1.165, 1.54) is 17.8 Å². The topological polar surface area (TPSA) is 80.0 Å². The van der Waals surface area contributed by atoms with Gasteiger partial charge in [0, 0.05) is 18.7 Å². The van der Waals surface area contributed by atoms with E-state index in [2.05, 4.69) is 15.4 Å². The smallest absolute Gasteiger partial charge is 0.244 e. The number of pyridine rings is 1. The van der Waals surface area contributed by atoms with Crippen molar-refractivity contribution in [1.82, 2.24) is 14.8 Å². The van der Waals surface area contributed by atoms with Gasteiger partial charge in [-0.2, -0.15) is 9.78 Å². The molecule has 0 radical (unpaired) electrons. The Hall–Kier alpha value is -3.15. The lowest BCUT2D eigenvalue weighted by molar-refractivity contribution is 0.0923. The maximum Gasteiger partial charge on any atom is 0.244 e. The molecule has 0 saturated carbocycles. The summed E-state index contributed by atoms with van der Waals surface area (Å²) in [5, 5.41) is 17.3. The molecule has 0 atom stereocenters. The minimum atomic E-state index is -0.243. The van der Waals surface area contributed by atoms with E-state index < -0.39 is 0 Å². The Morgan fingerprint density at radius 1 is 1.18 bits per heavy atom. The molecule has 110 valence electrons. The third kappa shape index (κ3) is 2.54. The summed E-state index contributed by atoms with van der Waals surface area (Å²) >= 11 is 0. The van der Waals surface area contributed by atoms with Crippen LogP contribution in [0.2, 0.25) is 0 Å². The number of carbonyl (C=O) groups is 1. The standard InChI is InChI=1S/C16H14N4O2/c1-11(21)20-16(12-6-2-3-7-14(12)22)13(10-18-20)19-15-8-4-5-9-17-15/h2-10,22H,1H3,(H,17,19). The second kappa shape index (κ2) is 5.69. The zero-order valence-electron chi connectivity index (χ0n) is 11.9. The third-order valence-electron chi connectivity index (χ3n) is 3.15. The molecule has 22 heavy (non-hydrogen) atoms. The van der Waals surface area contributed by atoms with Crippen molar-refractivity contribution in [3.8, 4) is 17.0 Å². The predicted molar refractivity (Wildman–Crippen MR) is 83.1 cm³/mol. The number of anilines is 2. The average molecular weight is 294 g/mol. The van der Waals surface area contributed by atoms with Gasteiger partial charge in [0.15, 0.2) is 0 Å². The number of para-hydroxylation sites is 1. The van der Waals surface area contributed by atoms with Crippen LogP contribution in [0.25, 0.3) is 11.3 Å². The van der Waals surface area contributed by atoms with E-state index in [1.54, 1.807) is 36.5 Å². The first-order valence-electron chi connectivity index (χ1n) is 6.72. The number of aromatic hydroxyl groups is 1. The van der Waals surface area contributed by atoms with Gasteiger partial charge in [0.1, 0.15) is 17.3 Å². The van der Waals surface area contributed by atoms with Crippen LogP contribution in [0.3, 0.4) is 0 Å². The van der Waals surface area contributed by atoms with Crippen molar-refractivity contribution >= 4 is 17.4 Å². The molecule has 0 fully saturated rings. The maximum absolute atomic E-state index is 11.8. The van der Waals surface area contributed by atoms with Crippen LogP contribution < -0.4 is 5.32 Å². The molecule has 0 saturated heterocycles. The van der Waals surface area contributed by atoms with Gasteiger partial charge in [-0.3, -0.25) is 4.79 Å². The molecule has 0 aliphatic heterocycles. The van der Waals surface area contributed by atoms with Crippen LogP contribution in [0.5, 0.6) is 5.75 Å². The Morgan fingerprint density at radius 2 is 1.95 bits per heavy atom. The summed E-state index contributed by atoms with van der Waals surface area (Å²) in [6.07, 6.45) is 3.20. The van der Waals surface area contributed by atoms with Crippen molar-refractivity contribution in [2.45, 2.75) is 6.92 Å². The number of aromatic nitrogens is 3. The summed E-state index contributed by atoms with van der Waals surface area (Å²) in [7, 11) is 0. The average Bonchev–Trinajstić information content (AvgIpc) is 2.92. The third-order valence-corrected chi connectivity index (χ3v) is 3.15. The molecule has 0 bridgehead atoms. The number of benzene rings is 1. The lowest BCUT2D eigenvalue weighted by atomic mass is 10.1. The van der Waals surface area contributed by atoms with Crippen LogP contribution >= 0.6 is 0 Å². The quantitative estimate of drug-likeness (QED) is 0.776. The number of nitrogens with one attached hydrogen (secondary N) is 1. The molecule has 2 aromatic heterocycles. The van der Waals surface area contributed by atoms with E-state index >= 15 is 0 Å². The van der Waals surface area contributed by atoms with Gasteiger partial charge < -0.3 is 10.4 Å². The van der Waals surface area contributed by atoms with E-state index in [0.29, 0.717) is 22.8 Å². The van der Waals surface area contributed by atoms with Crippen LogP contribution in [-0.2, 0) is 0 Å². The highest BCUT2D eigenvalue weighted by Crippen LogP contribution is 2.35. The van der Waals surface area contributed by atoms with Gasteiger partial charge in [-0.1, -0.05) is 18.2 Å². The summed E-state index contributed by atoms with van der Waals surface area (Å²) in [5.74, 6) is 0.462. The van der Waals surface area contributed by atoms with Crippen LogP contribution in [0, 0.1) is 0 Å². The Labute approximate surface area is 127 Å². The molecule has 3 rings (SSSR count). The largest absolute Gasteiger partial charge is 0.507 e. The summed E-state index contributed by atoms with van der Waals surface area (Å²) in [6.45, 7) is 1.42. The van der Waals surface area contributed by atoms with Gasteiger partial charge >= 0.3 is 0 Å². The minimum Gasteiger partial charge on any atom is -0.507 e. The van der Waals surface area contributed by atoms with Gasteiger partial charge in [0.25, 0.3) is 0 Å². The predicted octanol–water partition coefficient (Wildman–Crippen LogP) is 3.05. The molecule has 0 aliphatic rings. The monoisotopic (exact) mass is 294 g/mol. The highest BCUT2D eigenvalue weighted by Gasteiger charge is 2.18. The van der Waals surface area contributed by atoms with Crippen molar-refractivity contribution in [3.05, 3.63) is 54.9 Å². The van der Waals surface area contributed by atoms with Gasteiger partial charge in [-0.05, 0) is 24.3 Å². The Balaban J connectivity index is 2.12. The minimum absolute atomic E-state index is 0.0783. The molecule has 1 aromatic carbocycles. The SMILES string of the molecule is CC(=O)n1ncc(Nc2ccccn2)c1-c1ccccc1O. The molecule has 2 heterocycles. The van der Waals surface area contributed by atoms with Gasteiger partial charge in [-0.15, -0.1) is 0 Å². The molecule has 0 spiro atoms. The molecule has 0 aliphatic carbocycles. The van der Waals surface area contributed by atoms with E-state index in [4.69, 9.17) is 0 Å². The number of phenolic OH excluding ortho intramolecular Hbond substituents is 1. The molecular formula is C16H14N4O2. The van der Waals surface area contributed by atoms with Crippen molar-refractivity contribution < 1.29 is 9.90 Å². The fraction of sp³-hybridized carbons (Fsp3) is 0.0625. The molecular weight excluding hydrogens is 280 g/mol. The van der Waals surface area contributed by atoms with Gasteiger partial charge in [-0.25, -0.2) is 4.98 Å². The van der Waals surface area contributed by atoms with E-state index in [-0.39, 0.29) is 11.7 Å². The molecule has 0 amide bonds. The first kappa shape index (κ1) is 13.8. The summed E-state index contributed by atoms with van der Waals surface area (Å²) in [6, 6.07) is 12.3. The van der Waals surface area contributed by atoms with Crippen molar-refractivity contribution in [1.29, 1.82) is 0 Å². The number of hydrogen-bond donors (Lipinski definition) is 2. The summed E-state index contributed by atoms with van der Waals surface area (Å²) in [4.78, 5) is 16.0. The molecule has 0 unspecified atom stereocenters. The first-order chi connectivity index (χ1) is 10.7. The number of carbonyl (C=O) groups excluding carboxylic acids is 1. The molecule has 3 aromatic rings. The summed E-state index contributed by atoms with van der Waals surface area (Å²) in [5.41, 5.74) is 1.61. The van der Waals surface area contributed by atoms with E-state index in [1.807, 2.05) is 12.1 Å². The van der Waals surface area contributed by atoms with Crippen molar-refractivity contribution in [2.75, 3.05) is 5.32 Å². The zero-order valence-corrected chi connectivity index (χ0v) is 11.9. The Kier molecular flexibility index (Phi) is 3.57. The lowest BCUT2D eigenvalue weighted by Crippen LogP contribution is -2.09. The highest BCUT2D eigenvalue weighted by molar-refractivity contribution is 5.89. The molecule has 6 heteroatoms. The van der Waals surface area contributed by atoms with Crippen LogP contribution in [0.15, 0.2) is 54.9 Å². The number of hydrogen-bond acceptors (Lipinski definition) is 5. The summed E-state index contributed by atoms with van der Waals surface area (Å²) < 4.78 is 1.25. The van der Waals surface area contributed by atoms with Crippen LogP contribution in [0.4, 0.5) is 11.5 Å². The Morgan fingerprint density at radius 3 is 2.64 bits per heavy atom. The normalized spacial score (nSPS) is 10.4. The lowest BCUT2D eigenvalue weighted by Gasteiger charge is -2.10. The van der Waals surface area contributed by atoms with E-state index in [9.17, 15) is 9.90 Å². The van der Waals surface area contributed by atoms with Crippen molar-refractivity contribution in [3.63, 3.8) is 0 Å². The molecule has 6 nitrogen and oxygen atoms in total. The number of rotatable bonds is 3. The van der Waals surface area contributed by atoms with Crippen molar-refractivity contribution in [2.24, 2.45) is 0 Å².